The molecule has 0 saturated carbocycles. The van der Waals surface area contributed by atoms with Gasteiger partial charge in [-0.25, -0.2) is 4.79 Å². The molecule has 2 rings (SSSR count). The fourth-order valence-electron chi connectivity index (χ4n) is 2.08. The smallest absolute Gasteiger partial charge is 0.338 e. The monoisotopic (exact) mass is 468 g/mol. The maximum atomic E-state index is 12.4. The van der Waals surface area contributed by atoms with Crippen LogP contribution in [0.3, 0.4) is 0 Å². The first-order valence-electron chi connectivity index (χ1n) is 7.37. The minimum atomic E-state index is -0.573. The third-order valence-electron chi connectivity index (χ3n) is 3.27. The van der Waals surface area contributed by atoms with E-state index in [-0.39, 0.29) is 13.0 Å². The van der Waals surface area contributed by atoms with Crippen molar-refractivity contribution < 1.29 is 14.3 Å². The number of carbonyl (C=O) groups excluding carboxylic acids is 2. The van der Waals surface area contributed by atoms with Crippen LogP contribution < -0.4 is 4.90 Å². The first-order valence-corrected chi connectivity index (χ1v) is 8.82. The van der Waals surface area contributed by atoms with Gasteiger partial charge in [-0.2, -0.15) is 5.26 Å². The van der Waals surface area contributed by atoms with Crippen molar-refractivity contribution >= 4 is 51.8 Å². The van der Waals surface area contributed by atoms with Gasteiger partial charge in [-0.05, 0) is 65.1 Å². The second kappa shape index (κ2) is 9.39. The van der Waals surface area contributed by atoms with Crippen molar-refractivity contribution in [2.24, 2.45) is 0 Å². The maximum absolute atomic E-state index is 12.4. The molecular weight excluding hydrogens is 455 g/mol. The molecule has 0 bridgehead atoms. The number of carbonyl (C=O) groups is 2. The van der Waals surface area contributed by atoms with Crippen LogP contribution in [-0.2, 0) is 9.53 Å². The van der Waals surface area contributed by atoms with Crippen LogP contribution in [0.4, 0.5) is 5.69 Å². The number of nitrogens with zero attached hydrogens (tertiary/aromatic N) is 2. The van der Waals surface area contributed by atoms with Crippen molar-refractivity contribution in [2.45, 2.75) is 6.42 Å². The SMILES string of the molecule is N#CCCN(C(=O)COC(=O)c1ccc(I)cc1)c1cccc(Cl)c1. The Morgan fingerprint density at radius 2 is 1.92 bits per heavy atom. The van der Waals surface area contributed by atoms with Crippen molar-refractivity contribution in [3.63, 3.8) is 0 Å². The Morgan fingerprint density at radius 3 is 2.56 bits per heavy atom. The Hall–Kier alpha value is -2.11. The third-order valence-corrected chi connectivity index (χ3v) is 4.23. The molecule has 7 heteroatoms. The molecule has 5 nitrogen and oxygen atoms in total. The zero-order valence-electron chi connectivity index (χ0n) is 13.1. The molecule has 2 aromatic carbocycles. The maximum Gasteiger partial charge on any atom is 0.338 e. The van der Waals surface area contributed by atoms with E-state index in [1.807, 2.05) is 6.07 Å². The molecule has 0 unspecified atom stereocenters. The predicted molar refractivity (Wildman–Crippen MR) is 103 cm³/mol. The Morgan fingerprint density at radius 1 is 1.20 bits per heavy atom. The molecule has 0 saturated heterocycles. The minimum Gasteiger partial charge on any atom is -0.452 e. The van der Waals surface area contributed by atoms with E-state index in [1.165, 1.54) is 4.90 Å². The molecule has 0 aliphatic carbocycles. The lowest BCUT2D eigenvalue weighted by molar-refractivity contribution is -0.121. The molecule has 0 aliphatic heterocycles. The van der Waals surface area contributed by atoms with Crippen LogP contribution >= 0.6 is 34.2 Å². The van der Waals surface area contributed by atoms with Crippen molar-refractivity contribution in [2.75, 3.05) is 18.1 Å². The second-order valence-electron chi connectivity index (χ2n) is 5.02. The molecule has 2 aromatic rings. The summed E-state index contributed by atoms with van der Waals surface area (Å²) in [6.45, 7) is -0.223. The third kappa shape index (κ3) is 5.73. The van der Waals surface area contributed by atoms with Crippen LogP contribution in [0.5, 0.6) is 0 Å². The normalized spacial score (nSPS) is 9.96. The van der Waals surface area contributed by atoms with Crippen LogP contribution in [0.25, 0.3) is 0 Å². The number of anilines is 1. The van der Waals surface area contributed by atoms with Gasteiger partial charge >= 0.3 is 5.97 Å². The highest BCUT2D eigenvalue weighted by Crippen LogP contribution is 2.20. The van der Waals surface area contributed by atoms with Gasteiger partial charge < -0.3 is 9.64 Å². The van der Waals surface area contributed by atoms with Gasteiger partial charge in [0.15, 0.2) is 6.61 Å². The number of amides is 1. The molecular formula is C18H14ClIN2O3. The van der Waals surface area contributed by atoms with Gasteiger partial charge in [-0.3, -0.25) is 4.79 Å². The van der Waals surface area contributed by atoms with Crippen LogP contribution in [0.15, 0.2) is 48.5 Å². The van der Waals surface area contributed by atoms with E-state index in [1.54, 1.807) is 48.5 Å². The summed E-state index contributed by atoms with van der Waals surface area (Å²) in [4.78, 5) is 25.8. The van der Waals surface area contributed by atoms with Crippen molar-refractivity contribution in [3.05, 3.63) is 62.7 Å². The van der Waals surface area contributed by atoms with Gasteiger partial charge in [0, 0.05) is 20.8 Å². The fraction of sp³-hybridized carbons (Fsp3) is 0.167. The average molecular weight is 469 g/mol. The zero-order chi connectivity index (χ0) is 18.2. The Bertz CT molecular complexity index is 803. The lowest BCUT2D eigenvalue weighted by Crippen LogP contribution is -2.35. The van der Waals surface area contributed by atoms with Crippen LogP contribution in [-0.4, -0.2) is 25.0 Å². The number of rotatable bonds is 6. The zero-order valence-corrected chi connectivity index (χ0v) is 16.0. The topological polar surface area (TPSA) is 70.4 Å². The van der Waals surface area contributed by atoms with Crippen LogP contribution in [0.1, 0.15) is 16.8 Å². The van der Waals surface area contributed by atoms with E-state index in [9.17, 15) is 9.59 Å². The number of benzene rings is 2. The quantitative estimate of drug-likeness (QED) is 0.474. The first kappa shape index (κ1) is 19.2. The molecule has 0 heterocycles. The number of nitriles is 1. The van der Waals surface area contributed by atoms with Gasteiger partial charge in [0.25, 0.3) is 5.91 Å². The Labute approximate surface area is 164 Å². The summed E-state index contributed by atoms with van der Waals surface area (Å²) < 4.78 is 6.09. The molecule has 0 spiro atoms. The van der Waals surface area contributed by atoms with Gasteiger partial charge in [0.2, 0.25) is 0 Å². The number of hydrogen-bond donors (Lipinski definition) is 0. The van der Waals surface area contributed by atoms with E-state index >= 15 is 0 Å². The van der Waals surface area contributed by atoms with E-state index in [4.69, 9.17) is 21.6 Å². The number of esters is 1. The van der Waals surface area contributed by atoms with Crippen molar-refractivity contribution in [1.82, 2.24) is 0 Å². The van der Waals surface area contributed by atoms with E-state index in [0.29, 0.717) is 16.3 Å². The summed E-state index contributed by atoms with van der Waals surface area (Å²) >= 11 is 8.09. The largest absolute Gasteiger partial charge is 0.452 e. The standard InChI is InChI=1S/C18H14ClIN2O3/c19-14-3-1-4-16(11-14)22(10-2-9-21)17(23)12-25-18(24)13-5-7-15(20)8-6-13/h1,3-8,11H,2,10,12H2. The fourth-order valence-corrected chi connectivity index (χ4v) is 2.62. The summed E-state index contributed by atoms with van der Waals surface area (Å²) in [7, 11) is 0. The molecule has 0 aromatic heterocycles. The van der Waals surface area contributed by atoms with E-state index < -0.39 is 18.5 Å². The number of ether oxygens (including phenoxy) is 1. The highest BCUT2D eigenvalue weighted by Gasteiger charge is 2.18. The minimum absolute atomic E-state index is 0.156. The van der Waals surface area contributed by atoms with Crippen LogP contribution in [0.2, 0.25) is 5.02 Å². The second-order valence-corrected chi connectivity index (χ2v) is 6.70. The number of hydrogen-bond acceptors (Lipinski definition) is 4. The van der Waals surface area contributed by atoms with Crippen LogP contribution in [0, 0.1) is 14.9 Å². The summed E-state index contributed by atoms with van der Waals surface area (Å²) in [5.74, 6) is -0.993. The molecule has 0 atom stereocenters. The lowest BCUT2D eigenvalue weighted by Gasteiger charge is -2.21. The summed E-state index contributed by atoms with van der Waals surface area (Å²) in [6, 6.07) is 15.6. The van der Waals surface area contributed by atoms with E-state index in [0.717, 1.165) is 3.57 Å². The van der Waals surface area contributed by atoms with Crippen molar-refractivity contribution in [3.8, 4) is 6.07 Å². The molecule has 0 fully saturated rings. The van der Waals surface area contributed by atoms with Gasteiger partial charge in [0.1, 0.15) is 0 Å². The average Bonchev–Trinajstić information content (AvgIpc) is 2.60. The molecule has 0 N–H and O–H groups in total. The predicted octanol–water partition coefficient (Wildman–Crippen LogP) is 4.05. The Balaban J connectivity index is 2.05. The van der Waals surface area contributed by atoms with Gasteiger partial charge in [-0.1, -0.05) is 17.7 Å². The molecule has 0 aliphatic rings. The summed E-state index contributed by atoms with van der Waals surface area (Å²) in [5.41, 5.74) is 0.928. The lowest BCUT2D eigenvalue weighted by atomic mass is 10.2. The highest BCUT2D eigenvalue weighted by molar-refractivity contribution is 14.1. The highest BCUT2D eigenvalue weighted by atomic mass is 127. The van der Waals surface area contributed by atoms with Crippen molar-refractivity contribution in [1.29, 1.82) is 5.26 Å². The summed E-state index contributed by atoms with van der Waals surface area (Å²) in [6.07, 6.45) is 0.156. The van der Waals surface area contributed by atoms with Gasteiger partial charge in [-0.15, -0.1) is 0 Å². The number of halogens is 2. The molecule has 0 radical (unpaired) electrons. The van der Waals surface area contributed by atoms with Gasteiger partial charge in [0.05, 0.1) is 18.1 Å². The molecule has 25 heavy (non-hydrogen) atoms. The first-order chi connectivity index (χ1) is 12.0. The Kier molecular flexibility index (Phi) is 7.22. The molecule has 1 amide bonds. The molecule has 128 valence electrons. The van der Waals surface area contributed by atoms with E-state index in [2.05, 4.69) is 22.6 Å². The summed E-state index contributed by atoms with van der Waals surface area (Å²) in [5, 5.41) is 9.26.